The molecule has 6 heteroatoms. The summed E-state index contributed by atoms with van der Waals surface area (Å²) in [6, 6.07) is 9.54. The van der Waals surface area contributed by atoms with Crippen LogP contribution in [0.1, 0.15) is 18.2 Å². The lowest BCUT2D eigenvalue weighted by Crippen LogP contribution is -2.32. The van der Waals surface area contributed by atoms with Crippen molar-refractivity contribution in [1.82, 2.24) is 20.7 Å². The van der Waals surface area contributed by atoms with Crippen LogP contribution in [0.5, 0.6) is 0 Å². The fraction of sp³-hybridized carbons (Fsp3) is 0.143. The van der Waals surface area contributed by atoms with E-state index in [2.05, 4.69) is 25.8 Å². The lowest BCUT2D eigenvalue weighted by molar-refractivity contribution is 0.864. The van der Waals surface area contributed by atoms with Gasteiger partial charge in [-0.25, -0.2) is 0 Å². The van der Waals surface area contributed by atoms with E-state index in [0.29, 0.717) is 11.7 Å². The van der Waals surface area contributed by atoms with Gasteiger partial charge in [-0.05, 0) is 49.0 Å². The predicted octanol–water partition coefficient (Wildman–Crippen LogP) is 1.86. The molecule has 20 heavy (non-hydrogen) atoms. The fourth-order valence-corrected chi connectivity index (χ4v) is 1.61. The molecule has 0 radical (unpaired) electrons. The molecule has 0 spiro atoms. The van der Waals surface area contributed by atoms with Gasteiger partial charge in [0.15, 0.2) is 5.11 Å². The molecule has 0 amide bonds. The molecule has 5 nitrogen and oxygen atoms in total. The minimum Gasteiger partial charge on any atom is -0.357 e. The highest BCUT2D eigenvalue weighted by molar-refractivity contribution is 7.80. The van der Waals surface area contributed by atoms with Gasteiger partial charge in [-0.2, -0.15) is 5.10 Å². The van der Waals surface area contributed by atoms with Crippen molar-refractivity contribution in [3.63, 3.8) is 0 Å². The van der Waals surface area contributed by atoms with Gasteiger partial charge in [-0.3, -0.25) is 15.4 Å². The van der Waals surface area contributed by atoms with E-state index in [1.54, 1.807) is 18.6 Å². The smallest absolute Gasteiger partial charge is 0.187 e. The van der Waals surface area contributed by atoms with Gasteiger partial charge in [0.1, 0.15) is 0 Å². The molecule has 2 aromatic heterocycles. The highest BCUT2D eigenvalue weighted by Crippen LogP contribution is 1.96. The number of hydrogen-bond acceptors (Lipinski definition) is 4. The molecule has 2 N–H and O–H groups in total. The van der Waals surface area contributed by atoms with Crippen LogP contribution in [0.2, 0.25) is 0 Å². The Labute approximate surface area is 123 Å². The van der Waals surface area contributed by atoms with Crippen molar-refractivity contribution in [2.75, 3.05) is 0 Å². The van der Waals surface area contributed by atoms with Gasteiger partial charge in [0.2, 0.25) is 0 Å². The summed E-state index contributed by atoms with van der Waals surface area (Å²) < 4.78 is 0. The van der Waals surface area contributed by atoms with E-state index in [1.807, 2.05) is 37.3 Å². The lowest BCUT2D eigenvalue weighted by Gasteiger charge is -2.07. The van der Waals surface area contributed by atoms with Gasteiger partial charge in [0.05, 0.1) is 11.4 Å². The highest BCUT2D eigenvalue weighted by Gasteiger charge is 1.98. The van der Waals surface area contributed by atoms with Crippen LogP contribution in [0.15, 0.2) is 54.0 Å². The Morgan fingerprint density at radius 2 is 2.00 bits per heavy atom. The molecular weight excluding hydrogens is 270 g/mol. The molecule has 0 saturated carbocycles. The van der Waals surface area contributed by atoms with E-state index >= 15 is 0 Å². The molecular formula is C14H15N5S. The normalized spacial score (nSPS) is 10.9. The summed E-state index contributed by atoms with van der Waals surface area (Å²) in [5, 5.41) is 7.74. The SMILES string of the molecule is C/C(=N/NC(=S)NCc1ccncc1)c1ccccn1. The Kier molecular flexibility index (Phi) is 5.14. The maximum atomic E-state index is 5.16. The number of thiocarbonyl (C=S) groups is 1. The van der Waals surface area contributed by atoms with E-state index in [9.17, 15) is 0 Å². The summed E-state index contributed by atoms with van der Waals surface area (Å²) in [6.45, 7) is 2.51. The zero-order valence-electron chi connectivity index (χ0n) is 11.1. The van der Waals surface area contributed by atoms with Gasteiger partial charge in [-0.1, -0.05) is 6.07 Å². The number of aromatic nitrogens is 2. The highest BCUT2D eigenvalue weighted by atomic mass is 32.1. The molecule has 0 aliphatic heterocycles. The van der Waals surface area contributed by atoms with Crippen LogP contribution in [-0.4, -0.2) is 20.8 Å². The molecule has 2 aromatic rings. The van der Waals surface area contributed by atoms with Crippen molar-refractivity contribution >= 4 is 23.0 Å². The van der Waals surface area contributed by atoms with Gasteiger partial charge in [-0.15, -0.1) is 0 Å². The predicted molar refractivity (Wildman–Crippen MR) is 83.3 cm³/mol. The third-order valence-electron chi connectivity index (χ3n) is 2.56. The van der Waals surface area contributed by atoms with E-state index < -0.39 is 0 Å². The minimum absolute atomic E-state index is 0.470. The quantitative estimate of drug-likeness (QED) is 0.510. The second-order valence-electron chi connectivity index (χ2n) is 4.06. The first-order valence-corrected chi connectivity index (χ1v) is 6.55. The Balaban J connectivity index is 1.83. The Morgan fingerprint density at radius 1 is 1.20 bits per heavy atom. The average molecular weight is 285 g/mol. The van der Waals surface area contributed by atoms with Crippen molar-refractivity contribution in [3.05, 3.63) is 60.2 Å². The summed E-state index contributed by atoms with van der Waals surface area (Å²) in [6.07, 6.45) is 5.22. The first-order valence-electron chi connectivity index (χ1n) is 6.14. The Bertz CT molecular complexity index is 583. The number of hydrazone groups is 1. The standard InChI is InChI=1S/C14H15N5S/c1-11(13-4-2-3-7-16-13)18-19-14(20)17-10-12-5-8-15-9-6-12/h2-9H,10H2,1H3,(H2,17,19,20)/b18-11-. The molecule has 0 atom stereocenters. The van der Waals surface area contributed by atoms with E-state index in [4.69, 9.17) is 12.2 Å². The summed E-state index contributed by atoms with van der Waals surface area (Å²) in [5.41, 5.74) is 5.50. The van der Waals surface area contributed by atoms with Crippen molar-refractivity contribution in [1.29, 1.82) is 0 Å². The number of rotatable bonds is 4. The topological polar surface area (TPSA) is 62.2 Å². The third-order valence-corrected chi connectivity index (χ3v) is 2.80. The number of nitrogens with zero attached hydrogens (tertiary/aromatic N) is 3. The number of pyridine rings is 2. The van der Waals surface area contributed by atoms with Crippen molar-refractivity contribution in [3.8, 4) is 0 Å². The molecule has 0 saturated heterocycles. The summed E-state index contributed by atoms with van der Waals surface area (Å²) >= 11 is 5.16. The van der Waals surface area contributed by atoms with E-state index in [0.717, 1.165) is 17.0 Å². The van der Waals surface area contributed by atoms with Gasteiger partial charge < -0.3 is 5.32 Å². The molecule has 0 unspecified atom stereocenters. The molecule has 0 aromatic carbocycles. The lowest BCUT2D eigenvalue weighted by atomic mass is 10.3. The van der Waals surface area contributed by atoms with Crippen molar-refractivity contribution in [2.24, 2.45) is 5.10 Å². The Hall–Kier alpha value is -2.34. The van der Waals surface area contributed by atoms with E-state index in [1.165, 1.54) is 0 Å². The van der Waals surface area contributed by atoms with Gasteiger partial charge in [0.25, 0.3) is 0 Å². The van der Waals surface area contributed by atoms with Gasteiger partial charge in [0, 0.05) is 25.1 Å². The average Bonchev–Trinajstić information content (AvgIpc) is 2.52. The van der Waals surface area contributed by atoms with Crippen LogP contribution in [0.3, 0.4) is 0 Å². The largest absolute Gasteiger partial charge is 0.357 e. The molecule has 102 valence electrons. The summed E-state index contributed by atoms with van der Waals surface area (Å²) in [4.78, 5) is 8.17. The third kappa shape index (κ3) is 4.40. The molecule has 2 rings (SSSR count). The van der Waals surface area contributed by atoms with Crippen LogP contribution in [0, 0.1) is 0 Å². The van der Waals surface area contributed by atoms with Crippen molar-refractivity contribution < 1.29 is 0 Å². The zero-order chi connectivity index (χ0) is 14.2. The monoisotopic (exact) mass is 285 g/mol. The molecule has 2 heterocycles. The summed E-state index contributed by atoms with van der Waals surface area (Å²) in [7, 11) is 0. The fourth-order valence-electron chi connectivity index (χ4n) is 1.49. The number of nitrogens with one attached hydrogen (secondary N) is 2. The second-order valence-corrected chi connectivity index (χ2v) is 4.47. The minimum atomic E-state index is 0.470. The summed E-state index contributed by atoms with van der Waals surface area (Å²) in [5.74, 6) is 0. The first kappa shape index (κ1) is 14.1. The number of hydrogen-bond donors (Lipinski definition) is 2. The van der Waals surface area contributed by atoms with Crippen LogP contribution in [0.4, 0.5) is 0 Å². The van der Waals surface area contributed by atoms with Crippen molar-refractivity contribution in [2.45, 2.75) is 13.5 Å². The maximum absolute atomic E-state index is 5.16. The van der Waals surface area contributed by atoms with Gasteiger partial charge >= 0.3 is 0 Å². The zero-order valence-corrected chi connectivity index (χ0v) is 11.9. The molecule has 0 fully saturated rings. The van der Waals surface area contributed by atoms with Crippen LogP contribution < -0.4 is 10.7 Å². The second kappa shape index (κ2) is 7.30. The maximum Gasteiger partial charge on any atom is 0.187 e. The molecule has 0 aliphatic rings. The van der Waals surface area contributed by atoms with Crippen LogP contribution >= 0.6 is 12.2 Å². The first-order chi connectivity index (χ1) is 9.75. The molecule has 0 bridgehead atoms. The van der Waals surface area contributed by atoms with Crippen LogP contribution in [0.25, 0.3) is 0 Å². The molecule has 0 aliphatic carbocycles. The Morgan fingerprint density at radius 3 is 2.70 bits per heavy atom. The van der Waals surface area contributed by atoms with E-state index in [-0.39, 0.29) is 0 Å². The van der Waals surface area contributed by atoms with Crippen LogP contribution in [-0.2, 0) is 6.54 Å².